The van der Waals surface area contributed by atoms with Gasteiger partial charge in [-0.2, -0.15) is 0 Å². The highest BCUT2D eigenvalue weighted by molar-refractivity contribution is 5.70. The molecule has 406 valence electrons. The number of esters is 2. The molecule has 0 aliphatic heterocycles. The summed E-state index contributed by atoms with van der Waals surface area (Å²) in [6.45, 7) is 7.94. The fraction of sp³-hybridized carbons (Fsp3) is 0.968. The molecule has 68 heavy (non-hydrogen) atoms. The first kappa shape index (κ1) is 66.9. The fourth-order valence-corrected chi connectivity index (χ4v) is 9.93. The molecule has 0 aromatic heterocycles. The van der Waals surface area contributed by atoms with E-state index in [0.717, 1.165) is 32.1 Å². The van der Waals surface area contributed by atoms with Gasteiger partial charge in [-0.25, -0.2) is 0 Å². The number of rotatable bonds is 60. The van der Waals surface area contributed by atoms with Crippen LogP contribution >= 0.6 is 0 Å². The molecular formula is C63H124O5. The summed E-state index contributed by atoms with van der Waals surface area (Å²) in [6.07, 6.45) is 70.0. The molecule has 0 saturated carbocycles. The lowest BCUT2D eigenvalue weighted by Gasteiger charge is -2.18. The minimum atomic E-state index is -0.525. The average Bonchev–Trinajstić information content (AvgIpc) is 3.34. The lowest BCUT2D eigenvalue weighted by Crippen LogP contribution is -2.30. The molecule has 0 bridgehead atoms. The zero-order valence-corrected chi connectivity index (χ0v) is 46.9. The molecule has 0 radical (unpaired) electrons. The molecule has 0 aliphatic carbocycles. The molecule has 0 fully saturated rings. The van der Waals surface area contributed by atoms with Crippen molar-refractivity contribution in [1.82, 2.24) is 0 Å². The highest BCUT2D eigenvalue weighted by Crippen LogP contribution is 2.18. The number of carbonyl (C=O) groups excluding carboxylic acids is 2. The van der Waals surface area contributed by atoms with E-state index in [9.17, 15) is 9.59 Å². The maximum Gasteiger partial charge on any atom is 0.306 e. The molecule has 0 aromatic carbocycles. The van der Waals surface area contributed by atoms with Crippen LogP contribution in [-0.4, -0.2) is 37.9 Å². The highest BCUT2D eigenvalue weighted by Gasteiger charge is 2.18. The third-order valence-electron chi connectivity index (χ3n) is 14.6. The molecule has 0 N–H and O–H groups in total. The largest absolute Gasteiger partial charge is 0.462 e. The number of unbranched alkanes of at least 4 members (excludes halogenated alkanes) is 49. The van der Waals surface area contributed by atoms with Crippen LogP contribution in [0.1, 0.15) is 367 Å². The Morgan fingerprint density at radius 1 is 0.265 bits per heavy atom. The molecule has 0 aromatic rings. The van der Waals surface area contributed by atoms with Gasteiger partial charge in [0.25, 0.3) is 0 Å². The normalized spacial score (nSPS) is 12.0. The molecular weight excluding hydrogens is 837 g/mol. The zero-order valence-electron chi connectivity index (χ0n) is 46.9. The Bertz CT molecular complexity index is 952. The first-order valence-corrected chi connectivity index (χ1v) is 31.6. The summed E-state index contributed by atoms with van der Waals surface area (Å²) >= 11 is 0. The van der Waals surface area contributed by atoms with Crippen LogP contribution in [0.25, 0.3) is 0 Å². The molecule has 0 spiro atoms. The summed E-state index contributed by atoms with van der Waals surface area (Å²) in [4.78, 5) is 25.6. The lowest BCUT2D eigenvalue weighted by atomic mass is 10.0. The molecule has 0 unspecified atom stereocenters. The molecule has 0 aliphatic rings. The van der Waals surface area contributed by atoms with Crippen molar-refractivity contribution in [2.24, 2.45) is 0 Å². The number of carbonyl (C=O) groups is 2. The van der Waals surface area contributed by atoms with E-state index in [1.165, 1.54) is 302 Å². The van der Waals surface area contributed by atoms with Gasteiger partial charge >= 0.3 is 11.9 Å². The van der Waals surface area contributed by atoms with Crippen LogP contribution in [0.5, 0.6) is 0 Å². The molecule has 5 nitrogen and oxygen atoms in total. The van der Waals surface area contributed by atoms with E-state index < -0.39 is 6.10 Å². The van der Waals surface area contributed by atoms with Crippen LogP contribution < -0.4 is 0 Å². The van der Waals surface area contributed by atoms with E-state index in [1.54, 1.807) is 0 Å². The monoisotopic (exact) mass is 961 g/mol. The fourth-order valence-electron chi connectivity index (χ4n) is 9.93. The first-order chi connectivity index (χ1) is 33.6. The topological polar surface area (TPSA) is 61.8 Å². The predicted octanol–water partition coefficient (Wildman–Crippen LogP) is 21.6. The molecule has 0 rings (SSSR count). The van der Waals surface area contributed by atoms with Gasteiger partial charge in [-0.1, -0.05) is 335 Å². The molecule has 1 atom stereocenters. The average molecular weight is 962 g/mol. The Kier molecular flexibility index (Phi) is 59.2. The Morgan fingerprint density at radius 3 is 0.750 bits per heavy atom. The predicted molar refractivity (Wildman–Crippen MR) is 298 cm³/mol. The van der Waals surface area contributed by atoms with E-state index in [1.807, 2.05) is 0 Å². The van der Waals surface area contributed by atoms with Gasteiger partial charge in [0.05, 0.1) is 6.61 Å². The smallest absolute Gasteiger partial charge is 0.306 e. The second-order valence-electron chi connectivity index (χ2n) is 21.7. The van der Waals surface area contributed by atoms with Crippen molar-refractivity contribution >= 4 is 11.9 Å². The van der Waals surface area contributed by atoms with E-state index in [4.69, 9.17) is 14.2 Å². The third-order valence-corrected chi connectivity index (χ3v) is 14.6. The molecule has 0 saturated heterocycles. The summed E-state index contributed by atoms with van der Waals surface area (Å²) in [5.41, 5.74) is 0. The van der Waals surface area contributed by atoms with Crippen molar-refractivity contribution in [1.29, 1.82) is 0 Å². The van der Waals surface area contributed by atoms with Crippen molar-refractivity contribution in [3.05, 3.63) is 0 Å². The summed E-state index contributed by atoms with van der Waals surface area (Å²) in [7, 11) is 0. The molecule has 0 amide bonds. The summed E-state index contributed by atoms with van der Waals surface area (Å²) in [6, 6.07) is 0. The van der Waals surface area contributed by atoms with Gasteiger partial charge < -0.3 is 14.2 Å². The first-order valence-electron chi connectivity index (χ1n) is 31.6. The second-order valence-corrected chi connectivity index (χ2v) is 21.7. The van der Waals surface area contributed by atoms with E-state index in [2.05, 4.69) is 20.8 Å². The van der Waals surface area contributed by atoms with Gasteiger partial charge in [-0.15, -0.1) is 0 Å². The molecule has 0 heterocycles. The summed E-state index contributed by atoms with van der Waals surface area (Å²) in [5, 5.41) is 0. The van der Waals surface area contributed by atoms with E-state index in [-0.39, 0.29) is 18.5 Å². The maximum atomic E-state index is 12.9. The van der Waals surface area contributed by atoms with Gasteiger partial charge in [0, 0.05) is 19.4 Å². The Labute approximate surface area is 427 Å². The van der Waals surface area contributed by atoms with E-state index >= 15 is 0 Å². The van der Waals surface area contributed by atoms with Gasteiger partial charge in [0.15, 0.2) is 6.10 Å². The zero-order chi connectivity index (χ0) is 49.2. The summed E-state index contributed by atoms with van der Waals surface area (Å²) < 4.78 is 17.6. The van der Waals surface area contributed by atoms with Crippen LogP contribution in [0.2, 0.25) is 0 Å². The van der Waals surface area contributed by atoms with Gasteiger partial charge in [-0.05, 0) is 19.3 Å². The van der Waals surface area contributed by atoms with Crippen LogP contribution in [0, 0.1) is 0 Å². The van der Waals surface area contributed by atoms with Crippen molar-refractivity contribution in [2.45, 2.75) is 374 Å². The highest BCUT2D eigenvalue weighted by atomic mass is 16.6. The Morgan fingerprint density at radius 2 is 0.485 bits per heavy atom. The van der Waals surface area contributed by atoms with Crippen molar-refractivity contribution < 1.29 is 23.8 Å². The van der Waals surface area contributed by atoms with Crippen LogP contribution in [-0.2, 0) is 23.8 Å². The SMILES string of the molecule is CCCCCCCCCCCCCCCCCCCCCCCC(=O)O[C@H](COCCCCCCCCCCCCCCCCCC)COC(=O)CCCCCCCCCCCCCCCCC. The van der Waals surface area contributed by atoms with E-state index in [0.29, 0.717) is 26.1 Å². The van der Waals surface area contributed by atoms with Crippen LogP contribution in [0.4, 0.5) is 0 Å². The van der Waals surface area contributed by atoms with Crippen molar-refractivity contribution in [3.63, 3.8) is 0 Å². The standard InChI is InChI=1S/C63H124O5/c1-4-7-10-13-16-19-22-25-28-30-31-32-33-34-36-39-42-45-48-51-54-57-63(65)68-61(59-66-58-55-52-49-46-43-40-37-29-26-23-20-17-14-11-8-5-2)60-67-62(64)56-53-50-47-44-41-38-35-27-24-21-18-15-12-9-6-3/h61H,4-60H2,1-3H3/t61-/m1/s1. The van der Waals surface area contributed by atoms with Gasteiger partial charge in [0.2, 0.25) is 0 Å². The van der Waals surface area contributed by atoms with Crippen LogP contribution in [0.15, 0.2) is 0 Å². The minimum Gasteiger partial charge on any atom is -0.462 e. The Balaban J connectivity index is 4.16. The number of hydrogen-bond donors (Lipinski definition) is 0. The number of ether oxygens (including phenoxy) is 3. The maximum absolute atomic E-state index is 12.9. The number of hydrogen-bond acceptors (Lipinski definition) is 5. The van der Waals surface area contributed by atoms with Crippen molar-refractivity contribution in [3.8, 4) is 0 Å². The Hall–Kier alpha value is -1.10. The third kappa shape index (κ3) is 57.5. The van der Waals surface area contributed by atoms with Crippen LogP contribution in [0.3, 0.4) is 0 Å². The molecule has 5 heteroatoms. The lowest BCUT2D eigenvalue weighted by molar-refractivity contribution is -0.163. The minimum absolute atomic E-state index is 0.0988. The van der Waals surface area contributed by atoms with Gasteiger partial charge in [-0.3, -0.25) is 9.59 Å². The summed E-state index contributed by atoms with van der Waals surface area (Å²) in [5.74, 6) is -0.361. The van der Waals surface area contributed by atoms with Gasteiger partial charge in [0.1, 0.15) is 6.61 Å². The van der Waals surface area contributed by atoms with Crippen molar-refractivity contribution in [2.75, 3.05) is 19.8 Å². The second kappa shape index (κ2) is 60.2. The quantitative estimate of drug-likeness (QED) is 0.0449.